The van der Waals surface area contributed by atoms with Gasteiger partial charge in [-0.1, -0.05) is 0 Å². The number of aryl methyl sites for hydroxylation is 2. The third-order valence-corrected chi connectivity index (χ3v) is 5.65. The van der Waals surface area contributed by atoms with Gasteiger partial charge >= 0.3 is 6.18 Å². The number of aromatic nitrogens is 3. The lowest BCUT2D eigenvalue weighted by Gasteiger charge is -2.35. The number of alkyl halides is 3. The number of H-pyrrole nitrogens is 1. The molecule has 4 rings (SSSR count). The molecule has 1 fully saturated rings. The monoisotopic (exact) mass is 421 g/mol. The summed E-state index contributed by atoms with van der Waals surface area (Å²) in [5.74, 6) is -0.161. The van der Waals surface area contributed by atoms with Gasteiger partial charge in [-0.3, -0.25) is 19.2 Å². The van der Waals surface area contributed by atoms with Crippen molar-refractivity contribution in [2.24, 2.45) is 7.05 Å². The summed E-state index contributed by atoms with van der Waals surface area (Å²) in [6, 6.07) is 3.54. The Morgan fingerprint density at radius 1 is 1.17 bits per heavy atom. The minimum Gasteiger partial charge on any atom is -0.336 e. The third-order valence-electron chi connectivity index (χ3n) is 5.65. The Bertz CT molecular complexity index is 1170. The number of halogens is 3. The molecular formula is C20H22F3N5O2. The van der Waals surface area contributed by atoms with Gasteiger partial charge in [0.1, 0.15) is 0 Å². The molecule has 1 N–H and O–H groups in total. The largest absolute Gasteiger partial charge is 0.390 e. The van der Waals surface area contributed by atoms with Crippen LogP contribution in [0.2, 0.25) is 0 Å². The van der Waals surface area contributed by atoms with E-state index < -0.39 is 12.6 Å². The number of amides is 1. The average molecular weight is 421 g/mol. The zero-order valence-electron chi connectivity index (χ0n) is 16.7. The summed E-state index contributed by atoms with van der Waals surface area (Å²) >= 11 is 0. The van der Waals surface area contributed by atoms with Gasteiger partial charge in [0.2, 0.25) is 0 Å². The van der Waals surface area contributed by atoms with Crippen LogP contribution in [-0.2, 0) is 7.05 Å². The molecular weight excluding hydrogens is 399 g/mol. The van der Waals surface area contributed by atoms with E-state index in [1.165, 1.54) is 6.20 Å². The second-order valence-corrected chi connectivity index (χ2v) is 7.70. The van der Waals surface area contributed by atoms with Gasteiger partial charge in [-0.2, -0.15) is 18.3 Å². The fraction of sp³-hybridized carbons (Fsp3) is 0.450. The number of nitrogens with zero attached hydrogens (tertiary/aromatic N) is 4. The Morgan fingerprint density at radius 2 is 1.87 bits per heavy atom. The van der Waals surface area contributed by atoms with Crippen LogP contribution in [0.1, 0.15) is 22.3 Å². The highest BCUT2D eigenvalue weighted by molar-refractivity contribution is 6.07. The van der Waals surface area contributed by atoms with Gasteiger partial charge < -0.3 is 9.88 Å². The Hall–Kier alpha value is -2.88. The number of nitrogens with one attached hydrogen (secondary N) is 1. The SMILES string of the molecule is Cc1cc2[nH]c(=O)c3cnn(C)c3c2cc1C(=O)N1CCN(CCC(F)(F)F)CC1. The first-order valence-electron chi connectivity index (χ1n) is 9.71. The van der Waals surface area contributed by atoms with E-state index in [4.69, 9.17) is 0 Å². The molecule has 0 atom stereocenters. The van der Waals surface area contributed by atoms with Crippen molar-refractivity contribution < 1.29 is 18.0 Å². The normalized spacial score (nSPS) is 16.0. The lowest BCUT2D eigenvalue weighted by atomic mass is 10.0. The van der Waals surface area contributed by atoms with E-state index in [-0.39, 0.29) is 18.0 Å². The van der Waals surface area contributed by atoms with Crippen LogP contribution in [0, 0.1) is 6.92 Å². The lowest BCUT2D eigenvalue weighted by Crippen LogP contribution is -2.49. The highest BCUT2D eigenvalue weighted by Gasteiger charge is 2.30. The van der Waals surface area contributed by atoms with Crippen molar-refractivity contribution in [1.82, 2.24) is 24.6 Å². The zero-order valence-corrected chi connectivity index (χ0v) is 16.7. The fourth-order valence-electron chi connectivity index (χ4n) is 3.98. The summed E-state index contributed by atoms with van der Waals surface area (Å²) in [4.78, 5) is 31.7. The molecule has 1 aliphatic rings. The van der Waals surface area contributed by atoms with Crippen LogP contribution in [-0.4, -0.2) is 69.4 Å². The molecule has 0 unspecified atom stereocenters. The van der Waals surface area contributed by atoms with E-state index in [1.807, 2.05) is 0 Å². The molecule has 1 aliphatic heterocycles. The molecule has 10 heteroatoms. The van der Waals surface area contributed by atoms with Gasteiger partial charge in [0.15, 0.2) is 0 Å². The van der Waals surface area contributed by atoms with Gasteiger partial charge in [0.25, 0.3) is 11.5 Å². The number of carbonyl (C=O) groups excluding carboxylic acids is 1. The van der Waals surface area contributed by atoms with Crippen LogP contribution in [0.25, 0.3) is 21.8 Å². The van der Waals surface area contributed by atoms with Gasteiger partial charge in [0.05, 0.1) is 29.0 Å². The molecule has 0 radical (unpaired) electrons. The van der Waals surface area contributed by atoms with E-state index in [2.05, 4.69) is 10.1 Å². The molecule has 0 aliphatic carbocycles. The number of rotatable bonds is 3. The number of hydrogen-bond acceptors (Lipinski definition) is 4. The summed E-state index contributed by atoms with van der Waals surface area (Å²) in [5, 5.41) is 5.33. The molecule has 0 bridgehead atoms. The zero-order chi connectivity index (χ0) is 21.6. The van der Waals surface area contributed by atoms with Crippen LogP contribution in [0.3, 0.4) is 0 Å². The first-order valence-corrected chi connectivity index (χ1v) is 9.71. The van der Waals surface area contributed by atoms with Crippen molar-refractivity contribution in [3.05, 3.63) is 39.8 Å². The van der Waals surface area contributed by atoms with Gasteiger partial charge in [-0.05, 0) is 24.6 Å². The van der Waals surface area contributed by atoms with Crippen molar-refractivity contribution in [2.45, 2.75) is 19.5 Å². The number of benzene rings is 1. The lowest BCUT2D eigenvalue weighted by molar-refractivity contribution is -0.138. The summed E-state index contributed by atoms with van der Waals surface area (Å²) < 4.78 is 38.9. The maximum absolute atomic E-state index is 13.1. The molecule has 1 aromatic carbocycles. The Labute approximate surface area is 170 Å². The van der Waals surface area contributed by atoms with Gasteiger partial charge in [-0.15, -0.1) is 0 Å². The first kappa shape index (κ1) is 20.4. The molecule has 2 aromatic heterocycles. The number of fused-ring (bicyclic) bond motifs is 3. The highest BCUT2D eigenvalue weighted by atomic mass is 19.4. The maximum Gasteiger partial charge on any atom is 0.390 e. The second kappa shape index (κ2) is 7.42. The number of piperazine rings is 1. The van der Waals surface area contributed by atoms with Crippen LogP contribution in [0.15, 0.2) is 23.1 Å². The van der Waals surface area contributed by atoms with Crippen LogP contribution < -0.4 is 5.56 Å². The van der Waals surface area contributed by atoms with Crippen LogP contribution >= 0.6 is 0 Å². The minimum atomic E-state index is -4.17. The van der Waals surface area contributed by atoms with Gasteiger partial charge in [0, 0.05) is 50.7 Å². The predicted octanol–water partition coefficient (Wildman–Crippen LogP) is 2.43. The third kappa shape index (κ3) is 3.79. The molecule has 0 saturated carbocycles. The maximum atomic E-state index is 13.1. The topological polar surface area (TPSA) is 74.2 Å². The summed E-state index contributed by atoms with van der Waals surface area (Å²) in [6.07, 6.45) is -3.52. The van der Waals surface area contributed by atoms with E-state index >= 15 is 0 Å². The molecule has 3 aromatic rings. The van der Waals surface area contributed by atoms with E-state index in [0.29, 0.717) is 48.2 Å². The minimum absolute atomic E-state index is 0.0492. The van der Waals surface area contributed by atoms with Crippen molar-refractivity contribution >= 4 is 27.7 Å². The van der Waals surface area contributed by atoms with Crippen LogP contribution in [0.5, 0.6) is 0 Å². The summed E-state index contributed by atoms with van der Waals surface area (Å²) in [7, 11) is 1.74. The molecule has 160 valence electrons. The van der Waals surface area contributed by atoms with Crippen molar-refractivity contribution in [3.8, 4) is 0 Å². The quantitative estimate of drug-likeness (QED) is 0.705. The van der Waals surface area contributed by atoms with E-state index in [9.17, 15) is 22.8 Å². The smallest absolute Gasteiger partial charge is 0.336 e. The fourth-order valence-corrected chi connectivity index (χ4v) is 3.98. The Morgan fingerprint density at radius 3 is 2.53 bits per heavy atom. The first-order chi connectivity index (χ1) is 14.1. The van der Waals surface area contributed by atoms with Crippen molar-refractivity contribution in [2.75, 3.05) is 32.7 Å². The van der Waals surface area contributed by atoms with E-state index in [1.54, 1.807) is 40.6 Å². The number of hydrogen-bond donors (Lipinski definition) is 1. The van der Waals surface area contributed by atoms with Gasteiger partial charge in [-0.25, -0.2) is 0 Å². The molecule has 30 heavy (non-hydrogen) atoms. The molecule has 3 heterocycles. The second-order valence-electron chi connectivity index (χ2n) is 7.70. The molecule has 1 amide bonds. The summed E-state index contributed by atoms with van der Waals surface area (Å²) in [6.45, 7) is 3.33. The standard InChI is InChI=1S/C20H22F3N5O2/c1-12-9-16-14(17-15(18(29)25-16)11-24-26(17)2)10-13(12)19(30)28-7-5-27(6-8-28)4-3-20(21,22)23/h9-11H,3-8H2,1-2H3,(H,25,29). The molecule has 7 nitrogen and oxygen atoms in total. The number of carbonyl (C=O) groups is 1. The molecule has 1 saturated heterocycles. The number of aromatic amines is 1. The highest BCUT2D eigenvalue weighted by Crippen LogP contribution is 2.25. The van der Waals surface area contributed by atoms with Crippen molar-refractivity contribution in [1.29, 1.82) is 0 Å². The van der Waals surface area contributed by atoms with Crippen molar-refractivity contribution in [3.63, 3.8) is 0 Å². The van der Waals surface area contributed by atoms with E-state index in [0.717, 1.165) is 10.9 Å². The predicted molar refractivity (Wildman–Crippen MR) is 107 cm³/mol. The molecule has 0 spiro atoms. The summed E-state index contributed by atoms with van der Waals surface area (Å²) in [5.41, 5.74) is 2.28. The van der Waals surface area contributed by atoms with Crippen LogP contribution in [0.4, 0.5) is 13.2 Å². The Kier molecular flexibility index (Phi) is 5.05. The average Bonchev–Trinajstić information content (AvgIpc) is 3.08. The number of pyridine rings is 1. The Balaban J connectivity index is 1.59.